The summed E-state index contributed by atoms with van der Waals surface area (Å²) in [6.45, 7) is 12.0. The van der Waals surface area contributed by atoms with Crippen LogP contribution < -0.4 is 18.9 Å². The van der Waals surface area contributed by atoms with Crippen LogP contribution in [0.1, 0.15) is 328 Å². The van der Waals surface area contributed by atoms with Crippen molar-refractivity contribution in [1.82, 2.24) is 0 Å². The number of hydrogen-bond acceptors (Lipinski definition) is 8. The van der Waals surface area contributed by atoms with Gasteiger partial charge in [0.2, 0.25) is 0 Å². The van der Waals surface area contributed by atoms with E-state index in [-0.39, 0.29) is 37.5 Å². The van der Waals surface area contributed by atoms with Gasteiger partial charge >= 0.3 is 0 Å². The molecule has 4 nitrogen and oxygen atoms in total. The van der Waals surface area contributed by atoms with Gasteiger partial charge in [0.1, 0.15) is 0 Å². The average Bonchev–Trinajstić information content (AvgIpc) is 3.26. The Labute approximate surface area is 583 Å². The van der Waals surface area contributed by atoms with E-state index in [1.807, 2.05) is 36.4 Å². The Morgan fingerprint density at radius 1 is 0.253 bits per heavy atom. The molecule has 0 fully saturated rings. The summed E-state index contributed by atoms with van der Waals surface area (Å²) in [4.78, 5) is 0. The molecule has 4 aromatic carbocycles. The van der Waals surface area contributed by atoms with Crippen LogP contribution in [-0.4, -0.2) is 26.4 Å². The summed E-state index contributed by atoms with van der Waals surface area (Å²) in [6.07, 6.45) is 52.7. The second-order valence-electron chi connectivity index (χ2n) is 24.3. The van der Waals surface area contributed by atoms with Gasteiger partial charge in [-0.2, -0.15) is 21.0 Å². The van der Waals surface area contributed by atoms with Gasteiger partial charge in [0.05, 0.1) is 26.4 Å². The first-order valence-electron chi connectivity index (χ1n) is 35.1. The molecule has 0 amide bonds. The van der Waals surface area contributed by atoms with E-state index in [2.05, 4.69) is 108 Å². The quantitative estimate of drug-likeness (QED) is 0.0246. The molecule has 87 heavy (non-hydrogen) atoms. The molecule has 0 N–H and O–H groups in total. The fraction of sp³-hybridized carbons (Fsp3) is 0.684. The van der Waals surface area contributed by atoms with Crippen LogP contribution in [0.5, 0.6) is 23.0 Å². The third-order valence-electron chi connectivity index (χ3n) is 16.6. The molecule has 0 bridgehead atoms. The minimum Gasteiger partial charge on any atom is -0.786 e. The molecule has 4 unspecified atom stereocenters. The van der Waals surface area contributed by atoms with E-state index in [1.165, 1.54) is 231 Å². The van der Waals surface area contributed by atoms with Gasteiger partial charge in [-0.1, -0.05) is 349 Å². The van der Waals surface area contributed by atoms with Crippen LogP contribution >= 0.6 is 31.9 Å². The molecular formula is C76H118Br2NiO4S4-4. The van der Waals surface area contributed by atoms with Gasteiger partial charge in [-0.05, 0) is 74.2 Å². The van der Waals surface area contributed by atoms with E-state index in [4.69, 9.17) is 69.5 Å². The molecule has 0 aliphatic heterocycles. The van der Waals surface area contributed by atoms with Crippen LogP contribution in [-0.2, 0) is 67.0 Å². The van der Waals surface area contributed by atoms with Crippen LogP contribution in [0.25, 0.3) is 0 Å². The molecule has 4 rings (SSSR count). The maximum absolute atomic E-state index is 6.34. The number of unbranched alkanes of at least 4 members (excludes halogenated alkanes) is 36. The summed E-state index contributed by atoms with van der Waals surface area (Å²) in [7, 11) is 0. The molecule has 0 heterocycles. The first-order chi connectivity index (χ1) is 42.1. The molecule has 0 aromatic heterocycles. The summed E-state index contributed by atoms with van der Waals surface area (Å²) >= 11 is 30.7. The van der Waals surface area contributed by atoms with E-state index in [1.54, 1.807) is 0 Å². The average molecular weight is 1440 g/mol. The molecule has 4 aromatic rings. The van der Waals surface area contributed by atoms with E-state index < -0.39 is 0 Å². The van der Waals surface area contributed by atoms with Crippen molar-refractivity contribution in [2.24, 2.45) is 0 Å². The van der Waals surface area contributed by atoms with Crippen molar-refractivity contribution < 1.29 is 35.4 Å². The summed E-state index contributed by atoms with van der Waals surface area (Å²) < 4.78 is 27.3. The Bertz CT molecular complexity index is 2030. The Kier molecular flexibility index (Phi) is 53.2. The third-order valence-corrected chi connectivity index (χ3v) is 20.1. The monoisotopic (exact) mass is 1440 g/mol. The second kappa shape index (κ2) is 56.5. The molecular weight excluding hydrogens is 1320 g/mol. The number of benzene rings is 4. The maximum Gasteiger partial charge on any atom is 0.161 e. The smallest absolute Gasteiger partial charge is 0.161 e. The van der Waals surface area contributed by atoms with Gasteiger partial charge in [-0.3, -0.25) is 0 Å². The molecule has 0 saturated carbocycles. The third kappa shape index (κ3) is 39.9. The fourth-order valence-electron chi connectivity index (χ4n) is 11.0. The van der Waals surface area contributed by atoms with Crippen LogP contribution in [0, 0.1) is 0 Å². The van der Waals surface area contributed by atoms with Crippen LogP contribution in [0.3, 0.4) is 0 Å². The standard InChI is InChI=1S/2C38H61BrO2S2.Ni/c2*1-3-5-7-9-11-13-15-17-19-21-29-40-35-28-25-33(38(43)37(42)32-23-26-34(39)27-24-32)31-36(35)41-30-22-20-18-16-14-12-10-8-6-4-2;/h2*23-28,31,37-38,42-43H,3-22,29-30H2,1-2H3;/p-4. The van der Waals surface area contributed by atoms with Gasteiger partial charge in [0, 0.05) is 25.4 Å². The Hall–Kier alpha value is -1.07. The van der Waals surface area contributed by atoms with Crippen LogP contribution in [0.4, 0.5) is 0 Å². The van der Waals surface area contributed by atoms with Gasteiger partial charge in [0.25, 0.3) is 0 Å². The largest absolute Gasteiger partial charge is 0.786 e. The van der Waals surface area contributed by atoms with E-state index in [0.717, 1.165) is 93.1 Å². The zero-order valence-corrected chi connectivity index (χ0v) is 62.3. The summed E-state index contributed by atoms with van der Waals surface area (Å²) in [5.74, 6) is 3.29. The molecule has 11 heteroatoms. The SMILES string of the molecule is CCCCCCCCCCCCOc1ccc(C([S-])C([S-])c2ccc(Br)cc2)cc1OCCCCCCCCCCCC.CCCCCCCCCCCCOc1ccc(C([S-])C([S-])c2ccc(Br)cc2)cc1OCCCCCCCCCCCC.[Ni]. The topological polar surface area (TPSA) is 36.9 Å². The van der Waals surface area contributed by atoms with Crippen molar-refractivity contribution in [3.63, 3.8) is 0 Å². The molecule has 0 saturated heterocycles. The Balaban J connectivity index is 0.000000587. The number of rotatable bonds is 54. The Morgan fingerprint density at radius 2 is 0.437 bits per heavy atom. The van der Waals surface area contributed by atoms with Gasteiger partial charge in [0.15, 0.2) is 23.0 Å². The first-order valence-corrected chi connectivity index (χ1v) is 38.5. The molecule has 0 radical (unpaired) electrons. The first kappa shape index (κ1) is 82.0. The fourth-order valence-corrected chi connectivity index (χ4v) is 12.7. The van der Waals surface area contributed by atoms with E-state index >= 15 is 0 Å². The van der Waals surface area contributed by atoms with E-state index in [0.29, 0.717) is 13.2 Å². The molecule has 0 aliphatic rings. The molecule has 4 atom stereocenters. The molecule has 0 aliphatic carbocycles. The second-order valence-corrected chi connectivity index (χ2v) is 28.2. The van der Waals surface area contributed by atoms with Gasteiger partial charge in [-0.25, -0.2) is 0 Å². The van der Waals surface area contributed by atoms with Crippen molar-refractivity contribution in [2.75, 3.05) is 26.4 Å². The predicted octanol–water partition coefficient (Wildman–Crippen LogP) is 25.8. The summed E-state index contributed by atoms with van der Waals surface area (Å²) in [5, 5.41) is -0.800. The Morgan fingerprint density at radius 3 is 0.667 bits per heavy atom. The number of halogens is 2. The normalized spacial score (nSPS) is 12.6. The van der Waals surface area contributed by atoms with E-state index in [9.17, 15) is 0 Å². The minimum absolute atomic E-state index is 0. The van der Waals surface area contributed by atoms with Gasteiger partial charge in [-0.15, -0.1) is 0 Å². The number of hydrogen-bond donors (Lipinski definition) is 0. The maximum atomic E-state index is 6.34. The van der Waals surface area contributed by atoms with Crippen molar-refractivity contribution in [3.05, 3.63) is 116 Å². The van der Waals surface area contributed by atoms with Crippen molar-refractivity contribution in [2.45, 2.75) is 306 Å². The van der Waals surface area contributed by atoms with Crippen molar-refractivity contribution >= 4 is 82.4 Å². The summed E-state index contributed by atoms with van der Waals surface area (Å²) in [6, 6.07) is 28.8. The minimum atomic E-state index is -0.216. The van der Waals surface area contributed by atoms with Crippen molar-refractivity contribution in [1.29, 1.82) is 0 Å². The van der Waals surface area contributed by atoms with Crippen LogP contribution in [0.2, 0.25) is 0 Å². The zero-order chi connectivity index (χ0) is 61.9. The zero-order valence-electron chi connectivity index (χ0n) is 54.8. The predicted molar refractivity (Wildman–Crippen MR) is 391 cm³/mol. The van der Waals surface area contributed by atoms with Crippen molar-refractivity contribution in [3.8, 4) is 23.0 Å². The molecule has 0 spiro atoms. The summed E-state index contributed by atoms with van der Waals surface area (Å²) in [5.41, 5.74) is 4.21. The number of ether oxygens (including phenoxy) is 4. The molecule has 498 valence electrons. The van der Waals surface area contributed by atoms with Crippen LogP contribution in [0.15, 0.2) is 93.9 Å². The van der Waals surface area contributed by atoms with Gasteiger partial charge < -0.3 is 69.5 Å².